The molecule has 0 amide bonds. The second-order valence-electron chi connectivity index (χ2n) is 4.74. The number of thiophene rings is 1. The van der Waals surface area contributed by atoms with Crippen LogP contribution in [-0.4, -0.2) is 56.7 Å². The van der Waals surface area contributed by atoms with Crippen molar-refractivity contribution in [3.8, 4) is 0 Å². The molecule has 0 saturated carbocycles. The van der Waals surface area contributed by atoms with Gasteiger partial charge in [0.25, 0.3) is 0 Å². The number of nitrogens with one attached hydrogen (secondary N) is 1. The molecular weight excluding hydrogens is 298 g/mol. The molecule has 0 spiro atoms. The van der Waals surface area contributed by atoms with Crippen LogP contribution in [0.4, 0.5) is 0 Å². The topological polar surface area (TPSA) is 82.5 Å². The highest BCUT2D eigenvalue weighted by Gasteiger charge is 2.21. The van der Waals surface area contributed by atoms with E-state index in [9.17, 15) is 13.5 Å². The summed E-state index contributed by atoms with van der Waals surface area (Å²) >= 11 is 1.44. The zero-order valence-corrected chi connectivity index (χ0v) is 12.9. The van der Waals surface area contributed by atoms with Crippen molar-refractivity contribution in [2.45, 2.75) is 10.9 Å². The summed E-state index contributed by atoms with van der Waals surface area (Å²) in [4.78, 5) is 6.04. The number of sulfonamides is 1. The summed E-state index contributed by atoms with van der Waals surface area (Å²) in [5.41, 5.74) is 0.779. The lowest BCUT2D eigenvalue weighted by molar-refractivity contribution is 0.226. The third kappa shape index (κ3) is 3.53. The molecule has 0 aliphatic carbocycles. The van der Waals surface area contributed by atoms with E-state index >= 15 is 0 Å². The largest absolute Gasteiger partial charge is 0.395 e. The van der Waals surface area contributed by atoms with Crippen LogP contribution in [0.5, 0.6) is 0 Å². The first-order valence-corrected chi connectivity index (χ1v) is 8.40. The Labute approximate surface area is 122 Å². The predicted octanol–water partition coefficient (Wildman–Crippen LogP) is 0.497. The maximum Gasteiger partial charge on any atom is 0.242 e. The fourth-order valence-electron chi connectivity index (χ4n) is 1.84. The summed E-state index contributed by atoms with van der Waals surface area (Å²) in [5, 5.41) is 11.1. The molecule has 2 heterocycles. The number of pyridine rings is 1. The Kier molecular flexibility index (Phi) is 4.71. The first kappa shape index (κ1) is 15.3. The molecule has 0 aromatic carbocycles. The van der Waals surface area contributed by atoms with Crippen molar-refractivity contribution >= 4 is 31.6 Å². The molecular formula is C12H17N3O3S2. The first-order chi connectivity index (χ1) is 9.42. The third-order valence-corrected chi connectivity index (χ3v) is 5.06. The maximum atomic E-state index is 12.3. The van der Waals surface area contributed by atoms with Gasteiger partial charge >= 0.3 is 0 Å². The number of aliphatic hydroxyl groups excluding tert-OH is 1. The van der Waals surface area contributed by atoms with Crippen LogP contribution in [0.15, 0.2) is 28.6 Å². The molecule has 1 atom stereocenters. The molecule has 0 aliphatic heterocycles. The van der Waals surface area contributed by atoms with E-state index in [2.05, 4.69) is 9.71 Å². The van der Waals surface area contributed by atoms with Gasteiger partial charge in [0.15, 0.2) is 0 Å². The van der Waals surface area contributed by atoms with Crippen LogP contribution in [-0.2, 0) is 10.0 Å². The quantitative estimate of drug-likeness (QED) is 0.811. The minimum Gasteiger partial charge on any atom is -0.395 e. The number of nitrogens with zero attached hydrogens (tertiary/aromatic N) is 2. The lowest BCUT2D eigenvalue weighted by atomic mass is 10.3. The number of fused-ring (bicyclic) bond motifs is 1. The van der Waals surface area contributed by atoms with Crippen molar-refractivity contribution in [2.24, 2.45) is 0 Å². The van der Waals surface area contributed by atoms with Gasteiger partial charge in [0.1, 0.15) is 4.90 Å². The SMILES string of the molecule is CN(C)CC(CO)NS(=O)(=O)c1cnc2ccsc2c1. The minimum atomic E-state index is -3.68. The standard InChI is InChI=1S/C12H17N3O3S2/c1-15(2)7-9(8-16)14-20(17,18)10-5-12-11(13-6-10)3-4-19-12/h3-6,9,14,16H,7-8H2,1-2H3. The fraction of sp³-hybridized carbons (Fsp3) is 0.417. The van der Waals surface area contributed by atoms with E-state index in [0.29, 0.717) is 6.54 Å². The molecule has 2 N–H and O–H groups in total. The van der Waals surface area contributed by atoms with Gasteiger partial charge < -0.3 is 10.0 Å². The van der Waals surface area contributed by atoms with Gasteiger partial charge in [-0.1, -0.05) is 0 Å². The Hall–Kier alpha value is -1.06. The van der Waals surface area contributed by atoms with Crippen LogP contribution in [0.25, 0.3) is 10.2 Å². The molecule has 0 saturated heterocycles. The van der Waals surface area contributed by atoms with Gasteiger partial charge in [-0.2, -0.15) is 0 Å². The Morgan fingerprint density at radius 2 is 2.25 bits per heavy atom. The van der Waals surface area contributed by atoms with Crippen molar-refractivity contribution in [1.82, 2.24) is 14.6 Å². The second-order valence-corrected chi connectivity index (χ2v) is 7.40. The molecule has 2 rings (SSSR count). The van der Waals surface area contributed by atoms with E-state index in [0.717, 1.165) is 10.2 Å². The lowest BCUT2D eigenvalue weighted by Gasteiger charge is -2.20. The van der Waals surface area contributed by atoms with E-state index in [-0.39, 0.29) is 11.5 Å². The van der Waals surface area contributed by atoms with Gasteiger partial charge in [0, 0.05) is 12.7 Å². The second kappa shape index (κ2) is 6.15. The molecule has 2 aromatic rings. The van der Waals surface area contributed by atoms with E-state index in [4.69, 9.17) is 0 Å². The molecule has 2 aromatic heterocycles. The predicted molar refractivity (Wildman–Crippen MR) is 79.4 cm³/mol. The van der Waals surface area contributed by atoms with Crippen LogP contribution in [0.2, 0.25) is 0 Å². The van der Waals surface area contributed by atoms with Crippen LogP contribution in [0, 0.1) is 0 Å². The summed E-state index contributed by atoms with van der Waals surface area (Å²) in [6.07, 6.45) is 1.33. The molecule has 0 aliphatic rings. The zero-order valence-electron chi connectivity index (χ0n) is 11.3. The average Bonchev–Trinajstić information content (AvgIpc) is 2.84. The molecule has 110 valence electrons. The van der Waals surface area contributed by atoms with Gasteiger partial charge in [0.05, 0.1) is 22.9 Å². The van der Waals surface area contributed by atoms with Crippen molar-refractivity contribution in [3.63, 3.8) is 0 Å². The van der Waals surface area contributed by atoms with Crippen LogP contribution >= 0.6 is 11.3 Å². The summed E-state index contributed by atoms with van der Waals surface area (Å²) < 4.78 is 27.9. The molecule has 0 radical (unpaired) electrons. The number of hydrogen-bond acceptors (Lipinski definition) is 6. The van der Waals surface area contributed by atoms with E-state index in [1.54, 1.807) is 6.07 Å². The first-order valence-electron chi connectivity index (χ1n) is 6.03. The van der Waals surface area contributed by atoms with E-state index in [1.807, 2.05) is 30.4 Å². The minimum absolute atomic E-state index is 0.115. The number of aromatic nitrogens is 1. The smallest absolute Gasteiger partial charge is 0.242 e. The monoisotopic (exact) mass is 315 g/mol. The van der Waals surface area contributed by atoms with Gasteiger partial charge in [-0.05, 0) is 31.6 Å². The average molecular weight is 315 g/mol. The Morgan fingerprint density at radius 3 is 2.90 bits per heavy atom. The molecule has 0 bridgehead atoms. The maximum absolute atomic E-state index is 12.3. The summed E-state index contributed by atoms with van der Waals surface area (Å²) in [5.74, 6) is 0. The van der Waals surface area contributed by atoms with Gasteiger partial charge in [-0.25, -0.2) is 13.1 Å². The Balaban J connectivity index is 2.24. The summed E-state index contributed by atoms with van der Waals surface area (Å²) in [7, 11) is -0.0477. The Morgan fingerprint density at radius 1 is 1.50 bits per heavy atom. The third-order valence-electron chi connectivity index (χ3n) is 2.72. The van der Waals surface area contributed by atoms with E-state index in [1.165, 1.54) is 17.5 Å². The molecule has 6 nitrogen and oxygen atoms in total. The number of likely N-dealkylation sites (N-methyl/N-ethyl adjacent to an activating group) is 1. The molecule has 1 unspecified atom stereocenters. The number of rotatable bonds is 6. The van der Waals surface area contributed by atoms with Gasteiger partial charge in [-0.3, -0.25) is 4.98 Å². The van der Waals surface area contributed by atoms with Crippen LogP contribution < -0.4 is 4.72 Å². The van der Waals surface area contributed by atoms with Gasteiger partial charge in [0.2, 0.25) is 10.0 Å². The summed E-state index contributed by atoms with van der Waals surface area (Å²) in [6, 6.07) is 2.89. The highest BCUT2D eigenvalue weighted by Crippen LogP contribution is 2.21. The van der Waals surface area contributed by atoms with E-state index < -0.39 is 16.1 Å². The van der Waals surface area contributed by atoms with Gasteiger partial charge in [-0.15, -0.1) is 11.3 Å². The molecule has 0 fully saturated rings. The van der Waals surface area contributed by atoms with Crippen molar-refractivity contribution in [2.75, 3.05) is 27.2 Å². The highest BCUT2D eigenvalue weighted by atomic mass is 32.2. The molecule has 8 heteroatoms. The fourth-order valence-corrected chi connectivity index (χ4v) is 3.88. The molecule has 20 heavy (non-hydrogen) atoms. The summed E-state index contributed by atoms with van der Waals surface area (Å²) in [6.45, 7) is 0.163. The van der Waals surface area contributed by atoms with Crippen LogP contribution in [0.3, 0.4) is 0 Å². The van der Waals surface area contributed by atoms with Crippen molar-refractivity contribution in [1.29, 1.82) is 0 Å². The number of hydrogen-bond donors (Lipinski definition) is 2. The number of aliphatic hydroxyl groups is 1. The van der Waals surface area contributed by atoms with Crippen molar-refractivity contribution in [3.05, 3.63) is 23.7 Å². The Bertz CT molecular complexity index is 682. The van der Waals surface area contributed by atoms with Crippen molar-refractivity contribution < 1.29 is 13.5 Å². The highest BCUT2D eigenvalue weighted by molar-refractivity contribution is 7.89. The normalized spacial score (nSPS) is 14.0. The lowest BCUT2D eigenvalue weighted by Crippen LogP contribution is -2.43. The van der Waals surface area contributed by atoms with Crippen LogP contribution in [0.1, 0.15) is 0 Å². The zero-order chi connectivity index (χ0) is 14.8.